The van der Waals surface area contributed by atoms with Crippen molar-refractivity contribution in [1.82, 2.24) is 0 Å². The zero-order valence-electron chi connectivity index (χ0n) is 64.8. The molecule has 0 aliphatic heterocycles. The van der Waals surface area contributed by atoms with Gasteiger partial charge in [-0.25, -0.2) is 9.13 Å². The highest BCUT2D eigenvalue weighted by Crippen LogP contribution is 2.45. The molecule has 0 aliphatic carbocycles. The maximum absolute atomic E-state index is 13.1. The van der Waals surface area contributed by atoms with Gasteiger partial charge in [-0.05, 0) is 37.5 Å². The van der Waals surface area contributed by atoms with Crippen LogP contribution < -0.4 is 0 Å². The fourth-order valence-electron chi connectivity index (χ4n) is 12.4. The van der Waals surface area contributed by atoms with Gasteiger partial charge in [0.05, 0.1) is 26.4 Å². The molecule has 0 aliphatic rings. The van der Waals surface area contributed by atoms with Gasteiger partial charge in [0.25, 0.3) is 0 Å². The summed E-state index contributed by atoms with van der Waals surface area (Å²) in [6, 6.07) is 0. The summed E-state index contributed by atoms with van der Waals surface area (Å²) in [4.78, 5) is 73.0. The van der Waals surface area contributed by atoms with E-state index in [4.69, 9.17) is 37.0 Å². The predicted octanol–water partition coefficient (Wildman–Crippen LogP) is 23.9. The molecule has 0 aromatic heterocycles. The number of hydrogen-bond acceptors (Lipinski definition) is 15. The van der Waals surface area contributed by atoms with Crippen molar-refractivity contribution in [2.75, 3.05) is 39.6 Å². The Balaban J connectivity index is 5.24. The molecule has 19 heteroatoms. The van der Waals surface area contributed by atoms with E-state index in [0.717, 1.165) is 102 Å². The third-order valence-corrected chi connectivity index (χ3v) is 20.6. The second kappa shape index (κ2) is 71.7. The molecule has 0 amide bonds. The van der Waals surface area contributed by atoms with Crippen LogP contribution in [0.25, 0.3) is 0 Å². The summed E-state index contributed by atoms with van der Waals surface area (Å²) in [6.07, 6.45) is 60.9. The number of rotatable bonds is 79. The Labute approximate surface area is 607 Å². The van der Waals surface area contributed by atoms with Gasteiger partial charge < -0.3 is 33.8 Å². The van der Waals surface area contributed by atoms with E-state index in [1.807, 2.05) is 0 Å². The molecule has 0 bridgehead atoms. The van der Waals surface area contributed by atoms with Crippen LogP contribution in [0.2, 0.25) is 0 Å². The van der Waals surface area contributed by atoms with Crippen LogP contribution in [-0.4, -0.2) is 96.7 Å². The first-order chi connectivity index (χ1) is 47.9. The number of carbonyl (C=O) groups is 4. The van der Waals surface area contributed by atoms with Crippen molar-refractivity contribution < 1.29 is 80.2 Å². The average Bonchev–Trinajstić information content (AvgIpc) is 0.996. The topological polar surface area (TPSA) is 237 Å². The molecule has 17 nitrogen and oxygen atoms in total. The molecule has 2 unspecified atom stereocenters. The van der Waals surface area contributed by atoms with Crippen LogP contribution in [0.3, 0.4) is 0 Å². The van der Waals surface area contributed by atoms with Crippen LogP contribution in [0.15, 0.2) is 0 Å². The fourth-order valence-corrected chi connectivity index (χ4v) is 13.9. The normalized spacial score (nSPS) is 13.9. The van der Waals surface area contributed by atoms with E-state index in [9.17, 15) is 43.2 Å². The van der Waals surface area contributed by atoms with Gasteiger partial charge in [0.1, 0.15) is 19.3 Å². The van der Waals surface area contributed by atoms with Crippen molar-refractivity contribution in [1.29, 1.82) is 0 Å². The van der Waals surface area contributed by atoms with Gasteiger partial charge in [0.15, 0.2) is 12.2 Å². The molecular weight excluding hydrogens is 1290 g/mol. The van der Waals surface area contributed by atoms with Gasteiger partial charge in [-0.15, -0.1) is 0 Å². The summed E-state index contributed by atoms with van der Waals surface area (Å²) >= 11 is 0. The molecule has 99 heavy (non-hydrogen) atoms. The first kappa shape index (κ1) is 97.1. The summed E-state index contributed by atoms with van der Waals surface area (Å²) in [7, 11) is -9.92. The van der Waals surface area contributed by atoms with Crippen molar-refractivity contribution in [3.8, 4) is 0 Å². The smallest absolute Gasteiger partial charge is 0.462 e. The van der Waals surface area contributed by atoms with E-state index in [2.05, 4.69) is 41.5 Å². The molecule has 588 valence electrons. The summed E-state index contributed by atoms with van der Waals surface area (Å²) in [6.45, 7) is 9.68. The summed E-state index contributed by atoms with van der Waals surface area (Å²) in [5.41, 5.74) is 0. The van der Waals surface area contributed by atoms with Gasteiger partial charge in [0.2, 0.25) is 0 Å². The lowest BCUT2D eigenvalue weighted by Gasteiger charge is -2.21. The number of phosphoric ester groups is 2. The number of ether oxygens (including phenoxy) is 4. The Morgan fingerprint density at radius 3 is 0.687 bits per heavy atom. The lowest BCUT2D eigenvalue weighted by atomic mass is 10.0. The first-order valence-electron chi connectivity index (χ1n) is 41.5. The van der Waals surface area contributed by atoms with Crippen molar-refractivity contribution in [2.45, 2.75) is 439 Å². The second-order valence-electron chi connectivity index (χ2n) is 29.8. The molecule has 0 rings (SSSR count). The standard InChI is InChI=1S/C80H156O17P2/c1-7-9-11-13-15-17-19-25-34-40-46-52-58-64-79(84)96-75(68-90-77(82)62-56-50-44-38-30-18-16-14-12-10-8-2)70-94-98(86,87)92-66-74(81)67-93-99(88,89)95-71-76(69-91-78(83)63-57-51-45-39-33-29-24-27-32-37-43-49-55-61-73(5)6)97-80(85)65-59-53-47-41-35-28-23-21-20-22-26-31-36-42-48-54-60-72(3)4/h72-76,81H,7-71H2,1-6H3,(H,86,87)(H,88,89)/t74-,75+,76+/m0/s1. The fraction of sp³-hybridized carbons (Fsp3) is 0.950. The van der Waals surface area contributed by atoms with Crippen molar-refractivity contribution >= 4 is 39.5 Å². The van der Waals surface area contributed by atoms with E-state index in [0.29, 0.717) is 25.7 Å². The minimum atomic E-state index is -4.96. The molecule has 0 saturated carbocycles. The molecule has 0 heterocycles. The summed E-state index contributed by atoms with van der Waals surface area (Å²) < 4.78 is 68.7. The zero-order valence-corrected chi connectivity index (χ0v) is 66.6. The van der Waals surface area contributed by atoms with E-state index >= 15 is 0 Å². The number of aliphatic hydroxyl groups excluding tert-OH is 1. The van der Waals surface area contributed by atoms with E-state index < -0.39 is 97.5 Å². The Bertz CT molecular complexity index is 1910. The largest absolute Gasteiger partial charge is 0.472 e. The van der Waals surface area contributed by atoms with Crippen LogP contribution in [0.4, 0.5) is 0 Å². The van der Waals surface area contributed by atoms with Gasteiger partial charge in [-0.2, -0.15) is 0 Å². The van der Waals surface area contributed by atoms with Crippen molar-refractivity contribution in [2.24, 2.45) is 11.8 Å². The molecular formula is C80H156O17P2. The lowest BCUT2D eigenvalue weighted by Crippen LogP contribution is -2.30. The third kappa shape index (κ3) is 74.1. The lowest BCUT2D eigenvalue weighted by molar-refractivity contribution is -0.161. The Morgan fingerprint density at radius 1 is 0.273 bits per heavy atom. The van der Waals surface area contributed by atoms with Crippen LogP contribution >= 0.6 is 15.6 Å². The van der Waals surface area contributed by atoms with Gasteiger partial charge in [-0.1, -0.05) is 369 Å². The minimum absolute atomic E-state index is 0.108. The maximum atomic E-state index is 13.1. The molecule has 0 radical (unpaired) electrons. The number of aliphatic hydroxyl groups is 1. The van der Waals surface area contributed by atoms with Crippen LogP contribution in [-0.2, 0) is 65.4 Å². The Hall–Kier alpha value is -1.94. The van der Waals surface area contributed by atoms with Gasteiger partial charge >= 0.3 is 39.5 Å². The monoisotopic (exact) mass is 1450 g/mol. The number of carbonyl (C=O) groups excluding carboxylic acids is 4. The highest BCUT2D eigenvalue weighted by molar-refractivity contribution is 7.47. The van der Waals surface area contributed by atoms with Crippen molar-refractivity contribution in [3.63, 3.8) is 0 Å². The molecule has 0 fully saturated rings. The van der Waals surface area contributed by atoms with Crippen LogP contribution in [0.1, 0.15) is 420 Å². The minimum Gasteiger partial charge on any atom is -0.462 e. The van der Waals surface area contributed by atoms with E-state index in [1.165, 1.54) is 238 Å². The summed E-state index contributed by atoms with van der Waals surface area (Å²) in [5, 5.41) is 10.6. The van der Waals surface area contributed by atoms with E-state index in [1.54, 1.807) is 0 Å². The van der Waals surface area contributed by atoms with Crippen LogP contribution in [0.5, 0.6) is 0 Å². The van der Waals surface area contributed by atoms with Crippen molar-refractivity contribution in [3.05, 3.63) is 0 Å². The first-order valence-corrected chi connectivity index (χ1v) is 44.5. The number of phosphoric acid groups is 2. The highest BCUT2D eigenvalue weighted by Gasteiger charge is 2.30. The number of esters is 4. The molecule has 5 atom stereocenters. The quantitative estimate of drug-likeness (QED) is 0.0222. The molecule has 0 aromatic carbocycles. The average molecular weight is 1450 g/mol. The van der Waals surface area contributed by atoms with Gasteiger partial charge in [0, 0.05) is 25.7 Å². The molecule has 0 aromatic rings. The molecule has 3 N–H and O–H groups in total. The zero-order chi connectivity index (χ0) is 72.8. The third-order valence-electron chi connectivity index (χ3n) is 18.7. The van der Waals surface area contributed by atoms with Gasteiger partial charge in [-0.3, -0.25) is 37.3 Å². The summed E-state index contributed by atoms with van der Waals surface area (Å²) in [5.74, 6) is -0.507. The maximum Gasteiger partial charge on any atom is 0.472 e. The second-order valence-corrected chi connectivity index (χ2v) is 32.7. The molecule has 0 spiro atoms. The van der Waals surface area contributed by atoms with E-state index in [-0.39, 0.29) is 25.7 Å². The SMILES string of the molecule is CCCCCCCCCCCCCCCC(=O)O[C@H](COC(=O)CCCCCCCCCCCCC)COP(=O)(O)OC[C@H](O)COP(=O)(O)OC[C@@H](COC(=O)CCCCCCCCCCCCCCCC(C)C)OC(=O)CCCCCCCCCCCCCCCCCCC(C)C. The number of hydrogen-bond donors (Lipinski definition) is 3. The molecule has 0 saturated heterocycles. The van der Waals surface area contributed by atoms with Crippen LogP contribution in [0, 0.1) is 11.8 Å². The predicted molar refractivity (Wildman–Crippen MR) is 405 cm³/mol. The Kier molecular flexibility index (Phi) is 70.3. The Morgan fingerprint density at radius 2 is 0.465 bits per heavy atom. The number of unbranched alkanes of at least 4 members (excludes halogenated alkanes) is 49. The highest BCUT2D eigenvalue weighted by atomic mass is 31.2.